The maximum absolute atomic E-state index is 11.8. The van der Waals surface area contributed by atoms with E-state index in [4.69, 9.17) is 5.11 Å². The number of carbonyl (C=O) groups is 2. The van der Waals surface area contributed by atoms with E-state index < -0.39 is 11.5 Å². The summed E-state index contributed by atoms with van der Waals surface area (Å²) in [5, 5.41) is 11.4. The number of rotatable bonds is 6. The van der Waals surface area contributed by atoms with Crippen LogP contribution < -0.4 is 5.32 Å². The van der Waals surface area contributed by atoms with Gasteiger partial charge in [-0.3, -0.25) is 4.79 Å². The first kappa shape index (κ1) is 15.7. The summed E-state index contributed by atoms with van der Waals surface area (Å²) < 4.78 is 0. The van der Waals surface area contributed by atoms with E-state index in [2.05, 4.69) is 19.2 Å². The Hall–Kier alpha value is -1.26. The number of amides is 2. The molecule has 0 unspecified atom stereocenters. The number of hydrogen-bond donors (Lipinski definition) is 2. The number of carboxylic acid groups (broad SMARTS) is 1. The van der Waals surface area contributed by atoms with Crippen molar-refractivity contribution < 1.29 is 14.7 Å². The second-order valence-corrected chi connectivity index (χ2v) is 5.49. The largest absolute Gasteiger partial charge is 0.481 e. The second kappa shape index (κ2) is 6.47. The number of urea groups is 1. The van der Waals surface area contributed by atoms with Crippen LogP contribution in [0.4, 0.5) is 4.79 Å². The molecule has 0 rings (SSSR count). The van der Waals surface area contributed by atoms with Crippen molar-refractivity contribution in [2.75, 3.05) is 13.6 Å². The van der Waals surface area contributed by atoms with Crippen LogP contribution in [0.15, 0.2) is 0 Å². The SMILES string of the molecule is CC(C)CCN(C)C(=O)NC(C)(C)CC(=O)O. The van der Waals surface area contributed by atoms with Crippen LogP contribution in [0.2, 0.25) is 0 Å². The lowest BCUT2D eigenvalue weighted by Crippen LogP contribution is -2.50. The van der Waals surface area contributed by atoms with E-state index in [1.54, 1.807) is 25.8 Å². The normalized spacial score (nSPS) is 11.4. The summed E-state index contributed by atoms with van der Waals surface area (Å²) in [6.45, 7) is 8.28. The van der Waals surface area contributed by atoms with Gasteiger partial charge in [0.1, 0.15) is 0 Å². The minimum Gasteiger partial charge on any atom is -0.481 e. The Morgan fingerprint density at radius 1 is 1.35 bits per heavy atom. The van der Waals surface area contributed by atoms with Crippen molar-refractivity contribution in [2.24, 2.45) is 5.92 Å². The van der Waals surface area contributed by atoms with Crippen LogP contribution in [0.3, 0.4) is 0 Å². The van der Waals surface area contributed by atoms with Gasteiger partial charge in [0.25, 0.3) is 0 Å². The van der Waals surface area contributed by atoms with E-state index in [0.717, 1.165) is 6.42 Å². The molecular formula is C12H24N2O3. The van der Waals surface area contributed by atoms with Crippen LogP contribution in [0.1, 0.15) is 40.5 Å². The Bertz CT molecular complexity index is 275. The predicted molar refractivity (Wildman–Crippen MR) is 66.9 cm³/mol. The molecule has 0 spiro atoms. The molecule has 2 amide bonds. The zero-order valence-corrected chi connectivity index (χ0v) is 11.4. The zero-order valence-electron chi connectivity index (χ0n) is 11.4. The van der Waals surface area contributed by atoms with Gasteiger partial charge in [0.05, 0.1) is 6.42 Å². The number of hydrogen-bond acceptors (Lipinski definition) is 2. The molecule has 0 aromatic rings. The van der Waals surface area contributed by atoms with E-state index in [0.29, 0.717) is 12.5 Å². The molecule has 0 aliphatic heterocycles. The van der Waals surface area contributed by atoms with E-state index in [-0.39, 0.29) is 12.5 Å². The molecule has 2 N–H and O–H groups in total. The highest BCUT2D eigenvalue weighted by molar-refractivity contribution is 5.76. The first-order valence-corrected chi connectivity index (χ1v) is 5.89. The van der Waals surface area contributed by atoms with Gasteiger partial charge in [0.15, 0.2) is 0 Å². The fraction of sp³-hybridized carbons (Fsp3) is 0.833. The monoisotopic (exact) mass is 244 g/mol. The molecule has 0 aromatic carbocycles. The van der Waals surface area contributed by atoms with E-state index in [1.807, 2.05) is 0 Å². The number of carboxylic acids is 1. The number of nitrogens with one attached hydrogen (secondary N) is 1. The fourth-order valence-electron chi connectivity index (χ4n) is 1.36. The topological polar surface area (TPSA) is 69.6 Å². The van der Waals surface area contributed by atoms with Crippen LogP contribution in [0.25, 0.3) is 0 Å². The molecule has 0 radical (unpaired) electrons. The molecule has 0 aliphatic carbocycles. The fourth-order valence-corrected chi connectivity index (χ4v) is 1.36. The predicted octanol–water partition coefficient (Wildman–Crippen LogP) is 1.93. The van der Waals surface area contributed by atoms with Crippen molar-refractivity contribution in [3.05, 3.63) is 0 Å². The molecule has 0 saturated heterocycles. The Balaban J connectivity index is 4.19. The van der Waals surface area contributed by atoms with Crippen molar-refractivity contribution >= 4 is 12.0 Å². The van der Waals surface area contributed by atoms with Gasteiger partial charge < -0.3 is 15.3 Å². The van der Waals surface area contributed by atoms with Gasteiger partial charge in [-0.25, -0.2) is 4.79 Å². The summed E-state index contributed by atoms with van der Waals surface area (Å²) >= 11 is 0. The van der Waals surface area contributed by atoms with Crippen LogP contribution >= 0.6 is 0 Å². The van der Waals surface area contributed by atoms with Crippen molar-refractivity contribution in [1.29, 1.82) is 0 Å². The Morgan fingerprint density at radius 2 is 1.88 bits per heavy atom. The van der Waals surface area contributed by atoms with Gasteiger partial charge in [0, 0.05) is 19.1 Å². The highest BCUT2D eigenvalue weighted by Gasteiger charge is 2.25. The average molecular weight is 244 g/mol. The average Bonchev–Trinajstić information content (AvgIpc) is 2.10. The smallest absolute Gasteiger partial charge is 0.317 e. The van der Waals surface area contributed by atoms with Crippen molar-refractivity contribution in [1.82, 2.24) is 10.2 Å². The third-order valence-electron chi connectivity index (χ3n) is 2.43. The van der Waals surface area contributed by atoms with E-state index in [1.165, 1.54) is 0 Å². The lowest BCUT2D eigenvalue weighted by Gasteiger charge is -2.28. The van der Waals surface area contributed by atoms with Crippen LogP contribution in [-0.4, -0.2) is 41.1 Å². The summed E-state index contributed by atoms with van der Waals surface area (Å²) in [6, 6.07) is -0.225. The lowest BCUT2D eigenvalue weighted by atomic mass is 10.0. The standard InChI is InChI=1S/C12H24N2O3/c1-9(2)6-7-14(5)11(17)13-12(3,4)8-10(15)16/h9H,6-8H2,1-5H3,(H,13,17)(H,15,16). The second-order valence-electron chi connectivity index (χ2n) is 5.49. The Morgan fingerprint density at radius 3 is 2.29 bits per heavy atom. The van der Waals surface area contributed by atoms with Gasteiger partial charge in [-0.2, -0.15) is 0 Å². The molecule has 5 nitrogen and oxygen atoms in total. The van der Waals surface area contributed by atoms with E-state index >= 15 is 0 Å². The molecule has 0 heterocycles. The van der Waals surface area contributed by atoms with Gasteiger partial charge in [-0.05, 0) is 26.2 Å². The Kier molecular flexibility index (Phi) is 5.99. The molecule has 100 valence electrons. The molecule has 0 fully saturated rings. The summed E-state index contributed by atoms with van der Waals surface area (Å²) in [6.07, 6.45) is 0.847. The number of nitrogens with zero attached hydrogens (tertiary/aromatic N) is 1. The molecule has 5 heteroatoms. The highest BCUT2D eigenvalue weighted by atomic mass is 16.4. The maximum Gasteiger partial charge on any atom is 0.317 e. The Labute approximate surface area is 103 Å². The molecular weight excluding hydrogens is 220 g/mol. The maximum atomic E-state index is 11.8. The lowest BCUT2D eigenvalue weighted by molar-refractivity contribution is -0.138. The molecule has 0 aliphatic rings. The van der Waals surface area contributed by atoms with E-state index in [9.17, 15) is 9.59 Å². The minimum absolute atomic E-state index is 0.0865. The van der Waals surface area contributed by atoms with Crippen molar-refractivity contribution in [3.63, 3.8) is 0 Å². The van der Waals surface area contributed by atoms with Crippen molar-refractivity contribution in [2.45, 2.75) is 46.1 Å². The molecule has 17 heavy (non-hydrogen) atoms. The van der Waals surface area contributed by atoms with Gasteiger partial charge >= 0.3 is 12.0 Å². The first-order valence-electron chi connectivity index (χ1n) is 5.89. The highest BCUT2D eigenvalue weighted by Crippen LogP contribution is 2.09. The quantitative estimate of drug-likeness (QED) is 0.750. The summed E-state index contributed by atoms with van der Waals surface area (Å²) in [4.78, 5) is 24.0. The molecule has 0 bridgehead atoms. The van der Waals surface area contributed by atoms with Gasteiger partial charge in [-0.1, -0.05) is 13.8 Å². The van der Waals surface area contributed by atoms with Gasteiger partial charge in [-0.15, -0.1) is 0 Å². The third kappa shape index (κ3) is 7.60. The number of carbonyl (C=O) groups excluding carboxylic acids is 1. The summed E-state index contributed by atoms with van der Waals surface area (Å²) in [5.41, 5.74) is -0.727. The summed E-state index contributed by atoms with van der Waals surface area (Å²) in [5.74, 6) is -0.377. The van der Waals surface area contributed by atoms with Crippen molar-refractivity contribution in [3.8, 4) is 0 Å². The zero-order chi connectivity index (χ0) is 13.6. The van der Waals surface area contributed by atoms with Crippen LogP contribution in [-0.2, 0) is 4.79 Å². The molecule has 0 aromatic heterocycles. The molecule has 0 atom stereocenters. The van der Waals surface area contributed by atoms with Gasteiger partial charge in [0.2, 0.25) is 0 Å². The van der Waals surface area contributed by atoms with Crippen LogP contribution in [0, 0.1) is 5.92 Å². The molecule has 0 saturated carbocycles. The third-order valence-corrected chi connectivity index (χ3v) is 2.43. The number of aliphatic carboxylic acids is 1. The van der Waals surface area contributed by atoms with Crippen LogP contribution in [0.5, 0.6) is 0 Å². The minimum atomic E-state index is -0.917. The summed E-state index contributed by atoms with van der Waals surface area (Å²) in [7, 11) is 1.72. The first-order chi connectivity index (χ1) is 7.64.